The van der Waals surface area contributed by atoms with E-state index in [1.54, 1.807) is 30.0 Å². The highest BCUT2D eigenvalue weighted by Crippen LogP contribution is 2.32. The third-order valence-corrected chi connectivity index (χ3v) is 8.50. The predicted molar refractivity (Wildman–Crippen MR) is 171 cm³/mol. The van der Waals surface area contributed by atoms with E-state index in [1.165, 1.54) is 12.1 Å². The summed E-state index contributed by atoms with van der Waals surface area (Å²) in [6, 6.07) is 17.5. The van der Waals surface area contributed by atoms with Crippen LogP contribution in [0, 0.1) is 5.92 Å². The fraction of sp³-hybridized carbons (Fsp3) is 0.371. The average Bonchev–Trinajstić information content (AvgIpc) is 3.33. The Labute approximate surface area is 266 Å². The number of aliphatic hydroxyl groups excluding tert-OH is 1. The fourth-order valence-electron chi connectivity index (χ4n) is 5.95. The molecule has 0 radical (unpaired) electrons. The summed E-state index contributed by atoms with van der Waals surface area (Å²) in [4.78, 5) is 30.5. The van der Waals surface area contributed by atoms with Gasteiger partial charge in [0.1, 0.15) is 11.9 Å². The van der Waals surface area contributed by atoms with E-state index in [9.17, 15) is 27.9 Å². The Morgan fingerprint density at radius 3 is 2.54 bits per heavy atom. The van der Waals surface area contributed by atoms with Gasteiger partial charge in [-0.15, -0.1) is 0 Å². The standard InChI is InChI=1S/C35H39F3N4O4/c1-22-17-42(23(2)21-43)34(45)29-16-27(39-33(44)15-25-19-41(4)30-8-6-5-7-28(25)30)13-14-31(29)46-32(22)20-40(3)18-24-9-11-26(12-10-24)35(36,37)38/h5-14,16,19,22-23,32,43H,15,17-18,20-21H2,1-4H3,(H,39,44)/t22-,23+,32-/m0/s1. The van der Waals surface area contributed by atoms with Gasteiger partial charge in [0.15, 0.2) is 0 Å². The number of aromatic nitrogens is 1. The molecule has 11 heteroatoms. The number of amides is 2. The number of likely N-dealkylation sites (N-methyl/N-ethyl adjacent to an activating group) is 1. The summed E-state index contributed by atoms with van der Waals surface area (Å²) in [6.07, 6.45) is -2.69. The van der Waals surface area contributed by atoms with Crippen molar-refractivity contribution in [1.82, 2.24) is 14.4 Å². The molecule has 2 N–H and O–H groups in total. The van der Waals surface area contributed by atoms with Crippen LogP contribution in [-0.2, 0) is 31.0 Å². The minimum atomic E-state index is -4.39. The monoisotopic (exact) mass is 636 g/mol. The fourth-order valence-corrected chi connectivity index (χ4v) is 5.95. The molecule has 1 aliphatic heterocycles. The summed E-state index contributed by atoms with van der Waals surface area (Å²) < 4.78 is 47.4. The molecule has 0 aliphatic carbocycles. The Morgan fingerprint density at radius 1 is 1.13 bits per heavy atom. The number of fused-ring (bicyclic) bond motifs is 2. The second-order valence-electron chi connectivity index (χ2n) is 12.2. The van der Waals surface area contributed by atoms with Crippen molar-refractivity contribution >= 4 is 28.4 Å². The second kappa shape index (κ2) is 13.6. The van der Waals surface area contributed by atoms with E-state index in [-0.39, 0.29) is 42.4 Å². The van der Waals surface area contributed by atoms with Crippen LogP contribution in [-0.4, -0.2) is 70.2 Å². The Balaban J connectivity index is 1.35. The number of benzene rings is 3. The van der Waals surface area contributed by atoms with Gasteiger partial charge in [-0.05, 0) is 61.5 Å². The van der Waals surface area contributed by atoms with Gasteiger partial charge in [-0.1, -0.05) is 37.3 Å². The van der Waals surface area contributed by atoms with Crippen LogP contribution in [0.2, 0.25) is 0 Å². The largest absolute Gasteiger partial charge is 0.488 e. The van der Waals surface area contributed by atoms with Gasteiger partial charge >= 0.3 is 6.18 Å². The summed E-state index contributed by atoms with van der Waals surface area (Å²) in [5.41, 5.74) is 2.67. The first-order valence-corrected chi connectivity index (χ1v) is 15.2. The summed E-state index contributed by atoms with van der Waals surface area (Å²) in [6.45, 7) is 4.66. The van der Waals surface area contributed by atoms with Crippen molar-refractivity contribution in [2.45, 2.75) is 45.1 Å². The third kappa shape index (κ3) is 7.37. The van der Waals surface area contributed by atoms with E-state index in [1.807, 2.05) is 60.9 Å². The van der Waals surface area contributed by atoms with Gasteiger partial charge in [0.25, 0.3) is 5.91 Å². The van der Waals surface area contributed by atoms with Crippen molar-refractivity contribution in [3.05, 3.63) is 95.2 Å². The molecule has 0 saturated heterocycles. The van der Waals surface area contributed by atoms with Crippen LogP contribution in [0.15, 0.2) is 72.9 Å². The molecule has 0 bridgehead atoms. The molecule has 1 aliphatic rings. The van der Waals surface area contributed by atoms with E-state index in [0.29, 0.717) is 31.1 Å². The molecule has 0 saturated carbocycles. The first-order valence-electron chi connectivity index (χ1n) is 15.2. The smallest absolute Gasteiger partial charge is 0.416 e. The molecule has 244 valence electrons. The molecule has 0 fully saturated rings. The van der Waals surface area contributed by atoms with Gasteiger partial charge in [0.05, 0.1) is 30.2 Å². The van der Waals surface area contributed by atoms with E-state index in [0.717, 1.165) is 34.2 Å². The lowest BCUT2D eigenvalue weighted by atomic mass is 9.99. The molecule has 8 nitrogen and oxygen atoms in total. The summed E-state index contributed by atoms with van der Waals surface area (Å²) in [7, 11) is 3.80. The molecule has 3 atom stereocenters. The van der Waals surface area contributed by atoms with Crippen LogP contribution in [0.1, 0.15) is 40.9 Å². The normalized spacial score (nSPS) is 17.8. The Kier molecular flexibility index (Phi) is 9.74. The molecule has 0 unspecified atom stereocenters. The van der Waals surface area contributed by atoms with Crippen molar-refractivity contribution in [2.24, 2.45) is 13.0 Å². The third-order valence-electron chi connectivity index (χ3n) is 8.50. The number of nitrogens with one attached hydrogen (secondary N) is 1. The van der Waals surface area contributed by atoms with Crippen LogP contribution < -0.4 is 10.1 Å². The molecular formula is C35H39F3N4O4. The number of anilines is 1. The first kappa shape index (κ1) is 33.0. The zero-order chi connectivity index (χ0) is 33.2. The minimum Gasteiger partial charge on any atom is -0.488 e. The molecule has 3 aromatic carbocycles. The SMILES string of the molecule is C[C@H](CO)N1C[C@H](C)[C@H](CN(C)Cc2ccc(C(F)(F)F)cc2)Oc2ccc(NC(=O)Cc3cn(C)c4ccccc34)cc2C1=O. The highest BCUT2D eigenvalue weighted by atomic mass is 19.4. The van der Waals surface area contributed by atoms with E-state index < -0.39 is 17.8 Å². The molecule has 2 heterocycles. The van der Waals surface area contributed by atoms with Crippen LogP contribution in [0.25, 0.3) is 10.9 Å². The molecule has 2 amide bonds. The van der Waals surface area contributed by atoms with Crippen molar-refractivity contribution in [3.8, 4) is 5.75 Å². The number of rotatable bonds is 9. The quantitative estimate of drug-likeness (QED) is 0.245. The zero-order valence-corrected chi connectivity index (χ0v) is 26.3. The molecule has 5 rings (SSSR count). The first-order chi connectivity index (χ1) is 21.8. The van der Waals surface area contributed by atoms with Crippen molar-refractivity contribution in [1.29, 1.82) is 0 Å². The van der Waals surface area contributed by atoms with Crippen LogP contribution in [0.4, 0.5) is 18.9 Å². The number of halogens is 3. The number of nitrogens with zero attached hydrogens (tertiary/aromatic N) is 3. The molecule has 4 aromatic rings. The Bertz CT molecular complexity index is 1700. The van der Waals surface area contributed by atoms with Crippen molar-refractivity contribution < 1.29 is 32.6 Å². The van der Waals surface area contributed by atoms with E-state index >= 15 is 0 Å². The lowest BCUT2D eigenvalue weighted by molar-refractivity contribution is -0.137. The van der Waals surface area contributed by atoms with E-state index in [4.69, 9.17) is 4.74 Å². The van der Waals surface area contributed by atoms with Gasteiger partial charge in [-0.25, -0.2) is 0 Å². The maximum absolute atomic E-state index is 13.8. The summed E-state index contributed by atoms with van der Waals surface area (Å²) in [5, 5.41) is 13.9. The summed E-state index contributed by atoms with van der Waals surface area (Å²) >= 11 is 0. The maximum atomic E-state index is 13.8. The minimum absolute atomic E-state index is 0.138. The van der Waals surface area contributed by atoms with Crippen molar-refractivity contribution in [3.63, 3.8) is 0 Å². The van der Waals surface area contributed by atoms with Gasteiger partial charge < -0.3 is 24.6 Å². The van der Waals surface area contributed by atoms with Gasteiger partial charge in [0.2, 0.25) is 5.91 Å². The number of aryl methyl sites for hydroxylation is 1. The van der Waals surface area contributed by atoms with Gasteiger partial charge in [0, 0.05) is 55.4 Å². The molecule has 46 heavy (non-hydrogen) atoms. The lowest BCUT2D eigenvalue weighted by Gasteiger charge is -2.38. The zero-order valence-electron chi connectivity index (χ0n) is 26.3. The molecule has 0 spiro atoms. The maximum Gasteiger partial charge on any atom is 0.416 e. The number of hydrogen-bond donors (Lipinski definition) is 2. The van der Waals surface area contributed by atoms with Gasteiger partial charge in [-0.2, -0.15) is 13.2 Å². The second-order valence-corrected chi connectivity index (χ2v) is 12.2. The number of carbonyl (C=O) groups excluding carboxylic acids is 2. The highest BCUT2D eigenvalue weighted by molar-refractivity contribution is 6.00. The van der Waals surface area contributed by atoms with Crippen LogP contribution in [0.3, 0.4) is 0 Å². The number of carbonyl (C=O) groups is 2. The number of ether oxygens (including phenoxy) is 1. The highest BCUT2D eigenvalue weighted by Gasteiger charge is 2.34. The van der Waals surface area contributed by atoms with Gasteiger partial charge in [-0.3, -0.25) is 14.5 Å². The summed E-state index contributed by atoms with van der Waals surface area (Å²) in [5.74, 6) is -0.328. The number of alkyl halides is 3. The number of aliphatic hydroxyl groups is 1. The topological polar surface area (TPSA) is 87.0 Å². The number of hydrogen-bond acceptors (Lipinski definition) is 5. The lowest BCUT2D eigenvalue weighted by Crippen LogP contribution is -2.49. The van der Waals surface area contributed by atoms with Crippen molar-refractivity contribution in [2.75, 3.05) is 32.1 Å². The molecular weight excluding hydrogens is 597 g/mol. The van der Waals surface area contributed by atoms with E-state index in [2.05, 4.69) is 5.32 Å². The average molecular weight is 637 g/mol. The number of para-hydroxylation sites is 1. The molecule has 1 aromatic heterocycles. The Hall–Kier alpha value is -4.35. The van der Waals surface area contributed by atoms with Crippen LogP contribution in [0.5, 0.6) is 5.75 Å². The van der Waals surface area contributed by atoms with Crippen LogP contribution >= 0.6 is 0 Å². The Morgan fingerprint density at radius 2 is 1.85 bits per heavy atom. The predicted octanol–water partition coefficient (Wildman–Crippen LogP) is 5.73.